The minimum atomic E-state index is -0.0229. The van der Waals surface area contributed by atoms with Crippen LogP contribution in [0.25, 0.3) is 0 Å². The molecule has 1 aromatic heterocycles. The maximum atomic E-state index is 12.6. The molecule has 1 amide bonds. The van der Waals surface area contributed by atoms with Crippen molar-refractivity contribution in [1.82, 2.24) is 20.4 Å². The molecular weight excluding hydrogens is 336 g/mol. The van der Waals surface area contributed by atoms with Crippen LogP contribution in [0.4, 0.5) is 0 Å². The van der Waals surface area contributed by atoms with Crippen molar-refractivity contribution in [2.24, 2.45) is 5.92 Å². The number of carbonyl (C=O) groups is 1. The first-order valence-corrected chi connectivity index (χ1v) is 10.2. The molecular formula is C22H30N4O. The number of hydrogen-bond acceptors (Lipinski definition) is 3. The zero-order valence-electron chi connectivity index (χ0n) is 16.4. The van der Waals surface area contributed by atoms with E-state index in [1.54, 1.807) is 0 Å². The van der Waals surface area contributed by atoms with Crippen molar-refractivity contribution in [3.8, 4) is 0 Å². The van der Waals surface area contributed by atoms with Crippen LogP contribution in [-0.4, -0.2) is 39.6 Å². The first kappa shape index (κ1) is 18.2. The van der Waals surface area contributed by atoms with Crippen LogP contribution in [0.2, 0.25) is 0 Å². The van der Waals surface area contributed by atoms with Crippen LogP contribution in [0.15, 0.2) is 36.4 Å². The number of likely N-dealkylation sites (tertiary alicyclic amines) is 1. The Bertz CT molecular complexity index is 775. The van der Waals surface area contributed by atoms with Crippen molar-refractivity contribution in [2.45, 2.75) is 57.5 Å². The first-order chi connectivity index (χ1) is 13.0. The van der Waals surface area contributed by atoms with Gasteiger partial charge in [-0.1, -0.05) is 44.2 Å². The number of aromatic nitrogens is 2. The number of nitrogens with one attached hydrogen (secondary N) is 2. The number of rotatable bonds is 5. The van der Waals surface area contributed by atoms with Gasteiger partial charge in [-0.25, -0.2) is 0 Å². The molecule has 0 bridgehead atoms. The quantitative estimate of drug-likeness (QED) is 0.854. The fraction of sp³-hybridized carbons (Fsp3) is 0.545. The van der Waals surface area contributed by atoms with Gasteiger partial charge in [0.2, 0.25) is 5.91 Å². The lowest BCUT2D eigenvalue weighted by atomic mass is 9.82. The SMILES string of the molecule is CC(C)Cc1cc(CN2CCC3(CC2)CC(c2ccccc2)C(=O)N3)[nH]n1. The van der Waals surface area contributed by atoms with E-state index in [4.69, 9.17) is 0 Å². The van der Waals surface area contributed by atoms with Crippen LogP contribution in [0.3, 0.4) is 0 Å². The Kier molecular flexibility index (Phi) is 5.04. The lowest BCUT2D eigenvalue weighted by Gasteiger charge is -2.39. The summed E-state index contributed by atoms with van der Waals surface area (Å²) in [7, 11) is 0. The Labute approximate surface area is 161 Å². The van der Waals surface area contributed by atoms with Crippen molar-refractivity contribution in [2.75, 3.05) is 13.1 Å². The highest BCUT2D eigenvalue weighted by molar-refractivity contribution is 5.87. The molecule has 2 fully saturated rings. The molecule has 27 heavy (non-hydrogen) atoms. The lowest BCUT2D eigenvalue weighted by Crippen LogP contribution is -2.50. The third-order valence-electron chi connectivity index (χ3n) is 6.01. The molecule has 1 aromatic carbocycles. The van der Waals surface area contributed by atoms with Crippen molar-refractivity contribution >= 4 is 5.91 Å². The summed E-state index contributed by atoms with van der Waals surface area (Å²) in [5, 5.41) is 11.0. The maximum absolute atomic E-state index is 12.6. The zero-order valence-corrected chi connectivity index (χ0v) is 16.4. The fourth-order valence-electron chi connectivity index (χ4n) is 4.56. The van der Waals surface area contributed by atoms with Crippen LogP contribution >= 0.6 is 0 Å². The molecule has 1 spiro atoms. The van der Waals surface area contributed by atoms with Gasteiger partial charge in [-0.2, -0.15) is 5.10 Å². The van der Waals surface area contributed by atoms with Gasteiger partial charge in [0, 0.05) is 30.9 Å². The van der Waals surface area contributed by atoms with Crippen LogP contribution in [0.5, 0.6) is 0 Å². The van der Waals surface area contributed by atoms with Gasteiger partial charge in [-0.05, 0) is 43.2 Å². The number of piperidine rings is 1. The van der Waals surface area contributed by atoms with E-state index in [0.717, 1.165) is 56.6 Å². The highest BCUT2D eigenvalue weighted by atomic mass is 16.2. The van der Waals surface area contributed by atoms with Crippen molar-refractivity contribution in [3.63, 3.8) is 0 Å². The largest absolute Gasteiger partial charge is 0.350 e. The summed E-state index contributed by atoms with van der Waals surface area (Å²) in [5.74, 6) is 0.824. The van der Waals surface area contributed by atoms with Gasteiger partial charge in [-0.3, -0.25) is 14.8 Å². The summed E-state index contributed by atoms with van der Waals surface area (Å²) in [6, 6.07) is 12.4. The molecule has 5 nitrogen and oxygen atoms in total. The number of amides is 1. The Balaban J connectivity index is 1.34. The Morgan fingerprint density at radius 3 is 2.67 bits per heavy atom. The minimum Gasteiger partial charge on any atom is -0.350 e. The number of benzene rings is 1. The van der Waals surface area contributed by atoms with E-state index in [0.29, 0.717) is 5.92 Å². The van der Waals surface area contributed by atoms with E-state index in [9.17, 15) is 4.79 Å². The second-order valence-corrected chi connectivity index (χ2v) is 8.70. The number of hydrogen-bond donors (Lipinski definition) is 2. The fourth-order valence-corrected chi connectivity index (χ4v) is 4.56. The van der Waals surface area contributed by atoms with E-state index in [-0.39, 0.29) is 17.4 Å². The molecule has 0 aliphatic carbocycles. The normalized spacial score (nSPS) is 22.5. The van der Waals surface area contributed by atoms with Crippen molar-refractivity contribution in [1.29, 1.82) is 0 Å². The third-order valence-corrected chi connectivity index (χ3v) is 6.01. The molecule has 0 saturated carbocycles. The highest BCUT2D eigenvalue weighted by Crippen LogP contribution is 2.39. The lowest BCUT2D eigenvalue weighted by molar-refractivity contribution is -0.121. The molecule has 3 heterocycles. The number of aromatic amines is 1. The van der Waals surface area contributed by atoms with Gasteiger partial charge in [0.25, 0.3) is 0 Å². The summed E-state index contributed by atoms with van der Waals surface area (Å²) >= 11 is 0. The Hall–Kier alpha value is -2.14. The topological polar surface area (TPSA) is 61.0 Å². The molecule has 2 aliphatic heterocycles. The van der Waals surface area contributed by atoms with Crippen LogP contribution in [-0.2, 0) is 17.8 Å². The number of nitrogens with zero attached hydrogens (tertiary/aromatic N) is 2. The van der Waals surface area contributed by atoms with Crippen LogP contribution in [0.1, 0.15) is 56.0 Å². The minimum absolute atomic E-state index is 0.00366. The Morgan fingerprint density at radius 2 is 1.96 bits per heavy atom. The summed E-state index contributed by atoms with van der Waals surface area (Å²) in [5.41, 5.74) is 3.47. The molecule has 2 saturated heterocycles. The highest BCUT2D eigenvalue weighted by Gasteiger charge is 2.46. The molecule has 144 valence electrons. The molecule has 5 heteroatoms. The molecule has 1 unspecified atom stereocenters. The molecule has 2 aliphatic rings. The number of carbonyl (C=O) groups excluding carboxylic acids is 1. The standard InChI is InChI=1S/C22H30N4O/c1-16(2)12-18-13-19(25-24-18)15-26-10-8-22(9-11-26)14-20(21(27)23-22)17-6-4-3-5-7-17/h3-7,13,16,20H,8-12,14-15H2,1-2H3,(H,23,27)(H,24,25). The second kappa shape index (κ2) is 7.47. The zero-order chi connectivity index (χ0) is 18.9. The van der Waals surface area contributed by atoms with E-state index in [1.165, 1.54) is 5.69 Å². The summed E-state index contributed by atoms with van der Waals surface area (Å²) in [6.07, 6.45) is 3.99. The van der Waals surface area contributed by atoms with Crippen molar-refractivity contribution in [3.05, 3.63) is 53.3 Å². The smallest absolute Gasteiger partial charge is 0.228 e. The van der Waals surface area contributed by atoms with Gasteiger partial charge < -0.3 is 5.32 Å². The molecule has 0 radical (unpaired) electrons. The Morgan fingerprint density at radius 1 is 1.22 bits per heavy atom. The van der Waals surface area contributed by atoms with E-state index in [1.807, 2.05) is 18.2 Å². The van der Waals surface area contributed by atoms with Gasteiger partial charge in [-0.15, -0.1) is 0 Å². The van der Waals surface area contributed by atoms with Crippen molar-refractivity contribution < 1.29 is 4.79 Å². The van der Waals surface area contributed by atoms with Gasteiger partial charge in [0.15, 0.2) is 0 Å². The predicted molar refractivity (Wildman–Crippen MR) is 106 cm³/mol. The van der Waals surface area contributed by atoms with Gasteiger partial charge in [0.1, 0.15) is 0 Å². The van der Waals surface area contributed by atoms with E-state index >= 15 is 0 Å². The van der Waals surface area contributed by atoms with E-state index < -0.39 is 0 Å². The average Bonchev–Trinajstić information content (AvgIpc) is 3.22. The van der Waals surface area contributed by atoms with Crippen LogP contribution < -0.4 is 5.32 Å². The predicted octanol–water partition coefficient (Wildman–Crippen LogP) is 3.25. The monoisotopic (exact) mass is 366 g/mol. The van der Waals surface area contributed by atoms with Gasteiger partial charge in [0.05, 0.1) is 11.6 Å². The molecule has 2 N–H and O–H groups in total. The summed E-state index contributed by atoms with van der Waals surface area (Å²) in [6.45, 7) is 7.38. The molecule has 4 rings (SSSR count). The second-order valence-electron chi connectivity index (χ2n) is 8.70. The first-order valence-electron chi connectivity index (χ1n) is 10.2. The number of H-pyrrole nitrogens is 1. The molecule has 2 aromatic rings. The third kappa shape index (κ3) is 4.08. The van der Waals surface area contributed by atoms with E-state index in [2.05, 4.69) is 52.5 Å². The van der Waals surface area contributed by atoms with Crippen LogP contribution in [0, 0.1) is 5.92 Å². The van der Waals surface area contributed by atoms with Gasteiger partial charge >= 0.3 is 0 Å². The average molecular weight is 367 g/mol. The summed E-state index contributed by atoms with van der Waals surface area (Å²) in [4.78, 5) is 15.0. The summed E-state index contributed by atoms with van der Waals surface area (Å²) < 4.78 is 0. The molecule has 1 atom stereocenters. The maximum Gasteiger partial charge on any atom is 0.228 e.